The number of hydrogen-bond acceptors (Lipinski definition) is 7. The quantitative estimate of drug-likeness (QED) is 0.876. The molecule has 0 fully saturated rings. The molecule has 0 unspecified atom stereocenters. The van der Waals surface area contributed by atoms with Gasteiger partial charge in [0.25, 0.3) is 0 Å². The number of nitrogens with two attached hydrogens (primary N) is 1. The van der Waals surface area contributed by atoms with E-state index in [1.165, 1.54) is 23.3 Å². The number of nitrogens with zero attached hydrogens (tertiary/aromatic N) is 5. The van der Waals surface area contributed by atoms with Crippen molar-refractivity contribution in [1.29, 1.82) is 0 Å². The fourth-order valence-electron chi connectivity index (χ4n) is 1.42. The molecule has 2 aromatic heterocycles. The van der Waals surface area contributed by atoms with Gasteiger partial charge in [0, 0.05) is 13.0 Å². The maximum absolute atomic E-state index is 5.54. The summed E-state index contributed by atoms with van der Waals surface area (Å²) >= 11 is 2.88. The van der Waals surface area contributed by atoms with E-state index in [0.29, 0.717) is 6.54 Å². The zero-order valence-corrected chi connectivity index (χ0v) is 11.4. The first-order valence-electron chi connectivity index (χ1n) is 5.35. The van der Waals surface area contributed by atoms with Crippen molar-refractivity contribution >= 4 is 23.3 Å². The first kappa shape index (κ1) is 12.5. The van der Waals surface area contributed by atoms with E-state index in [9.17, 15) is 0 Å². The molecule has 0 aliphatic rings. The predicted octanol–water partition coefficient (Wildman–Crippen LogP) is 1.11. The number of rotatable bonds is 5. The lowest BCUT2D eigenvalue weighted by Gasteiger charge is -2.04. The molecule has 0 atom stereocenters. The second-order valence-corrected chi connectivity index (χ2v) is 5.36. The van der Waals surface area contributed by atoms with Gasteiger partial charge in [-0.1, -0.05) is 0 Å². The van der Waals surface area contributed by atoms with Crippen LogP contribution >= 0.6 is 23.3 Å². The van der Waals surface area contributed by atoms with Crippen LogP contribution in [0, 0.1) is 6.92 Å². The first-order valence-corrected chi connectivity index (χ1v) is 6.94. The van der Waals surface area contributed by atoms with Gasteiger partial charge in [-0.25, -0.2) is 4.98 Å². The van der Waals surface area contributed by atoms with Gasteiger partial charge in [-0.05, 0) is 43.7 Å². The average molecular weight is 270 g/mol. The van der Waals surface area contributed by atoms with Gasteiger partial charge in [0.2, 0.25) is 0 Å². The van der Waals surface area contributed by atoms with Crippen LogP contribution < -0.4 is 5.73 Å². The van der Waals surface area contributed by atoms with E-state index in [1.807, 2.05) is 6.92 Å². The molecule has 0 amide bonds. The summed E-state index contributed by atoms with van der Waals surface area (Å²) in [7, 11) is 0. The minimum atomic E-state index is 0.584. The largest absolute Gasteiger partial charge is 0.330 e. The highest BCUT2D eigenvalue weighted by atomic mass is 32.2. The van der Waals surface area contributed by atoms with Crippen LogP contribution in [-0.4, -0.2) is 30.7 Å². The van der Waals surface area contributed by atoms with Gasteiger partial charge < -0.3 is 10.3 Å². The molecule has 2 rings (SSSR count). The molecular formula is C9H14N6S2. The Morgan fingerprint density at radius 2 is 2.24 bits per heavy atom. The average Bonchev–Trinajstić information content (AvgIpc) is 2.87. The Kier molecular flexibility index (Phi) is 4.08. The molecule has 0 aromatic carbocycles. The van der Waals surface area contributed by atoms with Crippen LogP contribution in [0.5, 0.6) is 0 Å². The minimum absolute atomic E-state index is 0.584. The summed E-state index contributed by atoms with van der Waals surface area (Å²) in [6, 6.07) is 0. The predicted molar refractivity (Wildman–Crippen MR) is 67.2 cm³/mol. The molecule has 0 saturated heterocycles. The van der Waals surface area contributed by atoms with Crippen LogP contribution in [0.1, 0.15) is 18.6 Å². The lowest BCUT2D eigenvalue weighted by Crippen LogP contribution is -2.09. The molecule has 2 heterocycles. The molecule has 0 radical (unpaired) electrons. The maximum atomic E-state index is 5.54. The molecule has 2 aromatic rings. The van der Waals surface area contributed by atoms with Crippen LogP contribution in [0.2, 0.25) is 0 Å². The van der Waals surface area contributed by atoms with Crippen molar-refractivity contribution in [3.8, 4) is 0 Å². The van der Waals surface area contributed by atoms with Crippen molar-refractivity contribution in [2.45, 2.75) is 36.3 Å². The zero-order valence-electron chi connectivity index (χ0n) is 9.75. The summed E-state index contributed by atoms with van der Waals surface area (Å²) in [5, 5.41) is 9.17. The number of aryl methyl sites for hydroxylation is 1. The smallest absolute Gasteiger partial charge is 0.198 e. The van der Waals surface area contributed by atoms with E-state index in [-0.39, 0.29) is 0 Å². The monoisotopic (exact) mass is 270 g/mol. The minimum Gasteiger partial charge on any atom is -0.330 e. The SMILES string of the molecule is CCn1c(CCN)nnc1Sc1nc(C)ns1. The lowest BCUT2D eigenvalue weighted by molar-refractivity contribution is 0.640. The van der Waals surface area contributed by atoms with Crippen molar-refractivity contribution < 1.29 is 0 Å². The van der Waals surface area contributed by atoms with Gasteiger partial charge in [-0.15, -0.1) is 10.2 Å². The van der Waals surface area contributed by atoms with E-state index in [1.54, 1.807) is 0 Å². The zero-order chi connectivity index (χ0) is 12.3. The van der Waals surface area contributed by atoms with E-state index in [2.05, 4.69) is 31.0 Å². The van der Waals surface area contributed by atoms with Gasteiger partial charge in [0.1, 0.15) is 11.6 Å². The Hall–Kier alpha value is -0.990. The fraction of sp³-hybridized carbons (Fsp3) is 0.556. The van der Waals surface area contributed by atoms with Gasteiger partial charge >= 0.3 is 0 Å². The second-order valence-electron chi connectivity index (χ2n) is 3.39. The summed E-state index contributed by atoms with van der Waals surface area (Å²) in [6.45, 7) is 5.37. The van der Waals surface area contributed by atoms with Crippen molar-refractivity contribution in [3.05, 3.63) is 11.6 Å². The second kappa shape index (κ2) is 5.56. The number of aromatic nitrogens is 5. The maximum Gasteiger partial charge on any atom is 0.198 e. The highest BCUT2D eigenvalue weighted by molar-refractivity contribution is 8.00. The summed E-state index contributed by atoms with van der Waals surface area (Å²) in [5.41, 5.74) is 5.54. The molecule has 2 N–H and O–H groups in total. The molecule has 17 heavy (non-hydrogen) atoms. The summed E-state index contributed by atoms with van der Waals surface area (Å²) in [5.74, 6) is 1.72. The number of hydrogen-bond donors (Lipinski definition) is 1. The summed E-state index contributed by atoms with van der Waals surface area (Å²) in [4.78, 5) is 4.30. The molecule has 6 nitrogen and oxygen atoms in total. The normalized spacial score (nSPS) is 11.0. The van der Waals surface area contributed by atoms with Gasteiger partial charge in [0.15, 0.2) is 9.50 Å². The Labute approximate surface area is 108 Å². The van der Waals surface area contributed by atoms with Gasteiger partial charge in [-0.3, -0.25) is 0 Å². The van der Waals surface area contributed by atoms with Crippen LogP contribution in [0.25, 0.3) is 0 Å². The highest BCUT2D eigenvalue weighted by Crippen LogP contribution is 2.27. The third-order valence-corrected chi connectivity index (χ3v) is 3.99. The summed E-state index contributed by atoms with van der Waals surface area (Å²) in [6.07, 6.45) is 0.747. The van der Waals surface area contributed by atoms with Crippen molar-refractivity contribution in [2.24, 2.45) is 5.73 Å². The van der Waals surface area contributed by atoms with Gasteiger partial charge in [0.05, 0.1) is 0 Å². The van der Waals surface area contributed by atoms with E-state index < -0.39 is 0 Å². The molecule has 0 bridgehead atoms. The standard InChI is InChI=1S/C9H14N6S2/c1-3-15-7(4-5-10)12-13-8(15)16-9-11-6(2)14-17-9/h3-5,10H2,1-2H3. The third-order valence-electron chi connectivity index (χ3n) is 2.17. The Balaban J connectivity index is 2.20. The molecule has 92 valence electrons. The third kappa shape index (κ3) is 2.82. The van der Waals surface area contributed by atoms with E-state index in [0.717, 1.165) is 34.1 Å². The van der Waals surface area contributed by atoms with Crippen LogP contribution in [0.15, 0.2) is 9.50 Å². The van der Waals surface area contributed by atoms with E-state index >= 15 is 0 Å². The summed E-state index contributed by atoms with van der Waals surface area (Å²) < 4.78 is 7.10. The highest BCUT2D eigenvalue weighted by Gasteiger charge is 2.13. The van der Waals surface area contributed by atoms with Crippen LogP contribution in [-0.2, 0) is 13.0 Å². The molecule has 8 heteroatoms. The first-order chi connectivity index (χ1) is 8.24. The Morgan fingerprint density at radius 1 is 1.41 bits per heavy atom. The topological polar surface area (TPSA) is 82.5 Å². The Morgan fingerprint density at radius 3 is 2.82 bits per heavy atom. The lowest BCUT2D eigenvalue weighted by atomic mass is 10.4. The van der Waals surface area contributed by atoms with Crippen molar-refractivity contribution in [1.82, 2.24) is 24.1 Å². The fourth-order valence-corrected chi connectivity index (χ4v) is 3.09. The molecule has 0 saturated carbocycles. The van der Waals surface area contributed by atoms with Crippen molar-refractivity contribution in [2.75, 3.05) is 6.54 Å². The molecule has 0 aliphatic heterocycles. The molecular weight excluding hydrogens is 256 g/mol. The van der Waals surface area contributed by atoms with Crippen LogP contribution in [0.3, 0.4) is 0 Å². The van der Waals surface area contributed by atoms with E-state index in [4.69, 9.17) is 5.73 Å². The van der Waals surface area contributed by atoms with Crippen molar-refractivity contribution in [3.63, 3.8) is 0 Å². The molecule has 0 aliphatic carbocycles. The van der Waals surface area contributed by atoms with Crippen LogP contribution in [0.4, 0.5) is 0 Å². The molecule has 0 spiro atoms. The van der Waals surface area contributed by atoms with Gasteiger partial charge in [-0.2, -0.15) is 4.37 Å². The Bertz CT molecular complexity index is 491.